The maximum atomic E-state index is 9.77. The van der Waals surface area contributed by atoms with Crippen LogP contribution in [-0.4, -0.2) is 22.8 Å². The summed E-state index contributed by atoms with van der Waals surface area (Å²) < 4.78 is 11.9. The van der Waals surface area contributed by atoms with Gasteiger partial charge in [0.25, 0.3) is 0 Å². The number of rotatable bonds is 7. The van der Waals surface area contributed by atoms with Gasteiger partial charge in [-0.25, -0.2) is 4.98 Å². The fourth-order valence-corrected chi connectivity index (χ4v) is 3.58. The van der Waals surface area contributed by atoms with E-state index in [1.54, 1.807) is 0 Å². The van der Waals surface area contributed by atoms with E-state index in [1.807, 2.05) is 68.4 Å². The van der Waals surface area contributed by atoms with Gasteiger partial charge in [-0.15, -0.1) is 0 Å². The van der Waals surface area contributed by atoms with E-state index in [0.717, 1.165) is 39.1 Å². The maximum absolute atomic E-state index is 9.77. The molecule has 29 heavy (non-hydrogen) atoms. The van der Waals surface area contributed by atoms with Crippen molar-refractivity contribution in [1.82, 2.24) is 4.98 Å². The number of hydrogen-bond donors (Lipinski definition) is 1. The summed E-state index contributed by atoms with van der Waals surface area (Å²) in [6, 6.07) is 22.1. The molecule has 1 heterocycles. The third kappa shape index (κ3) is 4.33. The summed E-state index contributed by atoms with van der Waals surface area (Å²) in [7, 11) is 0. The molecule has 0 bridgehead atoms. The molecule has 0 aliphatic heterocycles. The van der Waals surface area contributed by atoms with Crippen LogP contribution < -0.4 is 4.74 Å². The minimum absolute atomic E-state index is 0.376. The first-order chi connectivity index (χ1) is 14.1. The Bertz CT molecular complexity index is 1100. The number of nitrogens with zero attached hydrogens (tertiary/aromatic N) is 1. The quantitative estimate of drug-likeness (QED) is 0.464. The molecule has 4 aromatic rings. The van der Waals surface area contributed by atoms with E-state index >= 15 is 0 Å². The smallest absolute Gasteiger partial charge is 0.226 e. The zero-order valence-corrected chi connectivity index (χ0v) is 16.8. The van der Waals surface area contributed by atoms with Crippen molar-refractivity contribution in [1.29, 1.82) is 0 Å². The predicted octanol–water partition coefficient (Wildman–Crippen LogP) is 5.35. The molecule has 0 saturated carbocycles. The second-order valence-corrected chi connectivity index (χ2v) is 7.31. The van der Waals surface area contributed by atoms with Gasteiger partial charge in [-0.05, 0) is 49.4 Å². The molecule has 4 nitrogen and oxygen atoms in total. The highest BCUT2D eigenvalue weighted by molar-refractivity contribution is 5.91. The molecular weight excluding hydrogens is 362 g/mol. The third-order valence-electron chi connectivity index (χ3n) is 5.00. The number of ether oxygens (including phenoxy) is 1. The van der Waals surface area contributed by atoms with Crippen molar-refractivity contribution < 1.29 is 14.3 Å². The van der Waals surface area contributed by atoms with Crippen LogP contribution in [0.4, 0.5) is 0 Å². The number of oxazole rings is 1. The largest absolute Gasteiger partial charge is 0.493 e. The summed E-state index contributed by atoms with van der Waals surface area (Å²) in [5.74, 6) is 2.31. The Morgan fingerprint density at radius 2 is 1.69 bits per heavy atom. The Kier molecular flexibility index (Phi) is 5.63. The molecule has 0 radical (unpaired) electrons. The minimum atomic E-state index is -0.376. The van der Waals surface area contributed by atoms with Crippen LogP contribution in [0.25, 0.3) is 22.2 Å². The Morgan fingerprint density at radius 3 is 2.45 bits per heavy atom. The van der Waals surface area contributed by atoms with Gasteiger partial charge in [0.2, 0.25) is 5.89 Å². The van der Waals surface area contributed by atoms with E-state index in [0.29, 0.717) is 25.3 Å². The molecule has 1 aromatic heterocycles. The number of aliphatic hydroxyl groups excluding tert-OH is 1. The molecule has 0 aliphatic carbocycles. The van der Waals surface area contributed by atoms with Crippen molar-refractivity contribution in [2.45, 2.75) is 32.8 Å². The number of hydrogen-bond acceptors (Lipinski definition) is 4. The fraction of sp³-hybridized carbons (Fsp3) is 0.240. The van der Waals surface area contributed by atoms with Crippen LogP contribution in [0.2, 0.25) is 0 Å². The van der Waals surface area contributed by atoms with Crippen molar-refractivity contribution in [3.05, 3.63) is 83.7 Å². The monoisotopic (exact) mass is 387 g/mol. The van der Waals surface area contributed by atoms with E-state index in [1.165, 1.54) is 0 Å². The highest BCUT2D eigenvalue weighted by atomic mass is 16.5. The molecule has 0 spiro atoms. The zero-order chi connectivity index (χ0) is 20.2. The minimum Gasteiger partial charge on any atom is -0.493 e. The van der Waals surface area contributed by atoms with Crippen LogP contribution >= 0.6 is 0 Å². The maximum Gasteiger partial charge on any atom is 0.226 e. The lowest BCUT2D eigenvalue weighted by atomic mass is 9.99. The van der Waals surface area contributed by atoms with Gasteiger partial charge in [-0.2, -0.15) is 0 Å². The van der Waals surface area contributed by atoms with Gasteiger partial charge < -0.3 is 14.3 Å². The van der Waals surface area contributed by atoms with E-state index < -0.39 is 0 Å². The van der Waals surface area contributed by atoms with Gasteiger partial charge in [0, 0.05) is 17.4 Å². The van der Waals surface area contributed by atoms with Crippen molar-refractivity contribution in [3.8, 4) is 17.2 Å². The average Bonchev–Trinajstić information content (AvgIpc) is 3.10. The van der Waals surface area contributed by atoms with E-state index in [-0.39, 0.29) is 6.10 Å². The fourth-order valence-electron chi connectivity index (χ4n) is 3.58. The van der Waals surface area contributed by atoms with Gasteiger partial charge in [0.05, 0.1) is 18.4 Å². The molecule has 0 aliphatic rings. The standard InChI is InChI=1S/C25H25NO3/c1-17(27)16-20-12-13-24(22-11-7-6-10-21(20)22)28-15-14-23-18(2)29-25(26-23)19-8-4-3-5-9-19/h3-13,17,27H,14-16H2,1-2H3. The highest BCUT2D eigenvalue weighted by Crippen LogP contribution is 2.30. The highest BCUT2D eigenvalue weighted by Gasteiger charge is 2.12. The molecule has 1 atom stereocenters. The summed E-state index contributed by atoms with van der Waals surface area (Å²) >= 11 is 0. The number of aliphatic hydroxyl groups is 1. The number of fused-ring (bicyclic) bond motifs is 1. The normalized spacial score (nSPS) is 12.2. The van der Waals surface area contributed by atoms with Gasteiger partial charge >= 0.3 is 0 Å². The number of benzene rings is 3. The van der Waals surface area contributed by atoms with Crippen molar-refractivity contribution in [3.63, 3.8) is 0 Å². The van der Waals surface area contributed by atoms with Gasteiger partial charge in [-0.1, -0.05) is 48.5 Å². The molecule has 3 aromatic carbocycles. The molecule has 1 N–H and O–H groups in total. The Labute approximate surface area is 170 Å². The summed E-state index contributed by atoms with van der Waals surface area (Å²) in [5.41, 5.74) is 3.02. The molecule has 0 saturated heterocycles. The van der Waals surface area contributed by atoms with Crippen LogP contribution in [0.1, 0.15) is 23.9 Å². The van der Waals surface area contributed by atoms with Crippen LogP contribution in [0.15, 0.2) is 71.1 Å². The van der Waals surface area contributed by atoms with Crippen molar-refractivity contribution in [2.24, 2.45) is 0 Å². The summed E-state index contributed by atoms with van der Waals surface area (Å²) in [5, 5.41) is 11.9. The van der Waals surface area contributed by atoms with Crippen LogP contribution in [0, 0.1) is 6.92 Å². The molecule has 0 amide bonds. The molecule has 1 unspecified atom stereocenters. The Morgan fingerprint density at radius 1 is 0.966 bits per heavy atom. The Hall–Kier alpha value is -3.11. The first kappa shape index (κ1) is 19.2. The van der Waals surface area contributed by atoms with Gasteiger partial charge in [0.1, 0.15) is 11.5 Å². The van der Waals surface area contributed by atoms with E-state index in [9.17, 15) is 5.11 Å². The van der Waals surface area contributed by atoms with Crippen molar-refractivity contribution in [2.75, 3.05) is 6.61 Å². The number of aryl methyl sites for hydroxylation is 1. The average molecular weight is 387 g/mol. The predicted molar refractivity (Wildman–Crippen MR) is 115 cm³/mol. The number of aromatic nitrogens is 1. The van der Waals surface area contributed by atoms with Gasteiger partial charge in [0.15, 0.2) is 0 Å². The summed E-state index contributed by atoms with van der Waals surface area (Å²) in [4.78, 5) is 4.65. The van der Waals surface area contributed by atoms with Crippen LogP contribution in [0.5, 0.6) is 5.75 Å². The molecule has 4 heteroatoms. The second kappa shape index (κ2) is 8.50. The zero-order valence-electron chi connectivity index (χ0n) is 16.8. The third-order valence-corrected chi connectivity index (χ3v) is 5.00. The SMILES string of the molecule is Cc1oc(-c2ccccc2)nc1CCOc1ccc(CC(C)O)c2ccccc12. The Balaban J connectivity index is 1.49. The topological polar surface area (TPSA) is 55.5 Å². The lowest BCUT2D eigenvalue weighted by Gasteiger charge is -2.13. The summed E-state index contributed by atoms with van der Waals surface area (Å²) in [6.07, 6.45) is 0.923. The first-order valence-corrected chi connectivity index (χ1v) is 9.95. The lowest BCUT2D eigenvalue weighted by Crippen LogP contribution is -2.06. The lowest BCUT2D eigenvalue weighted by molar-refractivity contribution is 0.196. The second-order valence-electron chi connectivity index (χ2n) is 7.31. The summed E-state index contributed by atoms with van der Waals surface area (Å²) in [6.45, 7) is 4.26. The molecule has 4 rings (SSSR count). The molecule has 148 valence electrons. The molecule has 0 fully saturated rings. The first-order valence-electron chi connectivity index (χ1n) is 9.95. The van der Waals surface area contributed by atoms with E-state index in [2.05, 4.69) is 17.1 Å². The van der Waals surface area contributed by atoms with Gasteiger partial charge in [-0.3, -0.25) is 0 Å². The van der Waals surface area contributed by atoms with Crippen molar-refractivity contribution >= 4 is 10.8 Å². The van der Waals surface area contributed by atoms with Crippen LogP contribution in [0.3, 0.4) is 0 Å². The van der Waals surface area contributed by atoms with Crippen LogP contribution in [-0.2, 0) is 12.8 Å². The van der Waals surface area contributed by atoms with E-state index in [4.69, 9.17) is 9.15 Å². The molecular formula is C25H25NO3.